The molecule has 0 fully saturated rings. The molecule has 9 heteroatoms. The van der Waals surface area contributed by atoms with Gasteiger partial charge in [-0.05, 0) is 20.8 Å². The molecule has 0 saturated carbocycles. The second-order valence-corrected chi connectivity index (χ2v) is 4.79. The minimum Gasteiger partial charge on any atom is -0.352 e. The minimum atomic E-state index is 0. The molecule has 0 unspecified atom stereocenters. The Morgan fingerprint density at radius 1 is 1.23 bits per heavy atom. The van der Waals surface area contributed by atoms with Crippen molar-refractivity contribution in [3.8, 4) is 0 Å². The monoisotopic (exact) mass is 419 g/mol. The molecule has 0 aliphatic heterocycles. The molecular weight excluding hydrogens is 397 g/mol. The molecule has 22 heavy (non-hydrogen) atoms. The highest BCUT2D eigenvalue weighted by atomic mass is 127. The van der Waals surface area contributed by atoms with Gasteiger partial charge in [0.25, 0.3) is 0 Å². The summed E-state index contributed by atoms with van der Waals surface area (Å²) < 4.78 is 6.92. The van der Waals surface area contributed by atoms with Crippen molar-refractivity contribution in [2.45, 2.75) is 33.9 Å². The number of halogens is 1. The van der Waals surface area contributed by atoms with Gasteiger partial charge in [-0.2, -0.15) is 10.1 Å². The number of rotatable bonds is 4. The van der Waals surface area contributed by atoms with Crippen LogP contribution < -0.4 is 10.6 Å². The van der Waals surface area contributed by atoms with Crippen molar-refractivity contribution in [3.63, 3.8) is 0 Å². The van der Waals surface area contributed by atoms with Crippen LogP contribution in [0.3, 0.4) is 0 Å². The molecule has 0 saturated heterocycles. The third-order valence-corrected chi connectivity index (χ3v) is 3.29. The summed E-state index contributed by atoms with van der Waals surface area (Å²) in [6.07, 6.45) is 0. The van der Waals surface area contributed by atoms with E-state index in [2.05, 4.69) is 37.8 Å². The standard InChI is InChI=1S/C13H21N7O.HI/c1-8-11(9(2)20(5)18-8)6-15-13(14-4)16-7-12-17-10(3)19-21-12;/h6-7H2,1-5H3,(H2,14,15,16);1H. The van der Waals surface area contributed by atoms with Gasteiger partial charge in [0.05, 0.1) is 12.2 Å². The van der Waals surface area contributed by atoms with E-state index in [9.17, 15) is 0 Å². The van der Waals surface area contributed by atoms with Crippen LogP contribution in [0.1, 0.15) is 28.7 Å². The first kappa shape index (κ1) is 18.4. The molecule has 0 amide bonds. The van der Waals surface area contributed by atoms with Gasteiger partial charge in [-0.15, -0.1) is 24.0 Å². The van der Waals surface area contributed by atoms with E-state index in [4.69, 9.17) is 4.52 Å². The maximum atomic E-state index is 5.04. The van der Waals surface area contributed by atoms with Crippen LogP contribution in [0.4, 0.5) is 0 Å². The zero-order valence-electron chi connectivity index (χ0n) is 13.5. The molecule has 2 N–H and O–H groups in total. The van der Waals surface area contributed by atoms with Crippen molar-refractivity contribution >= 4 is 29.9 Å². The lowest BCUT2D eigenvalue weighted by atomic mass is 10.2. The second kappa shape index (κ2) is 8.11. The molecule has 0 aliphatic rings. The van der Waals surface area contributed by atoms with Crippen LogP contribution in [0.15, 0.2) is 9.52 Å². The highest BCUT2D eigenvalue weighted by Crippen LogP contribution is 2.10. The number of aryl methyl sites for hydroxylation is 3. The number of aliphatic imine (C=N–C) groups is 1. The van der Waals surface area contributed by atoms with Gasteiger partial charge >= 0.3 is 0 Å². The molecule has 122 valence electrons. The van der Waals surface area contributed by atoms with Crippen molar-refractivity contribution < 1.29 is 4.52 Å². The zero-order valence-corrected chi connectivity index (χ0v) is 15.8. The smallest absolute Gasteiger partial charge is 0.246 e. The fraction of sp³-hybridized carbons (Fsp3) is 0.538. The molecule has 2 aromatic rings. The van der Waals surface area contributed by atoms with E-state index < -0.39 is 0 Å². The van der Waals surface area contributed by atoms with Gasteiger partial charge in [0, 0.05) is 31.9 Å². The SMILES string of the molecule is CN=C(NCc1nc(C)no1)NCc1c(C)nn(C)c1C.I. The fourth-order valence-corrected chi connectivity index (χ4v) is 2.04. The van der Waals surface area contributed by atoms with Crippen molar-refractivity contribution in [2.24, 2.45) is 12.0 Å². The average molecular weight is 419 g/mol. The number of aromatic nitrogens is 4. The van der Waals surface area contributed by atoms with Gasteiger partial charge in [-0.3, -0.25) is 9.67 Å². The fourth-order valence-electron chi connectivity index (χ4n) is 2.04. The van der Waals surface area contributed by atoms with E-state index in [0.29, 0.717) is 30.8 Å². The van der Waals surface area contributed by atoms with E-state index >= 15 is 0 Å². The summed E-state index contributed by atoms with van der Waals surface area (Å²) in [6, 6.07) is 0. The predicted molar refractivity (Wildman–Crippen MR) is 94.2 cm³/mol. The Kier molecular flexibility index (Phi) is 6.78. The van der Waals surface area contributed by atoms with Gasteiger partial charge in [-0.1, -0.05) is 5.16 Å². The summed E-state index contributed by atoms with van der Waals surface area (Å²) in [5.41, 5.74) is 3.34. The third kappa shape index (κ3) is 4.42. The molecule has 0 radical (unpaired) electrons. The molecule has 2 rings (SSSR count). The Morgan fingerprint density at radius 3 is 2.41 bits per heavy atom. The van der Waals surface area contributed by atoms with Crippen molar-refractivity contribution in [2.75, 3.05) is 7.05 Å². The van der Waals surface area contributed by atoms with Crippen LogP contribution in [0.2, 0.25) is 0 Å². The number of nitrogens with zero attached hydrogens (tertiary/aromatic N) is 5. The van der Waals surface area contributed by atoms with Crippen LogP contribution in [-0.4, -0.2) is 32.9 Å². The lowest BCUT2D eigenvalue weighted by Crippen LogP contribution is -2.36. The van der Waals surface area contributed by atoms with E-state index in [1.807, 2.05) is 18.7 Å². The van der Waals surface area contributed by atoms with Crippen LogP contribution in [0, 0.1) is 20.8 Å². The van der Waals surface area contributed by atoms with Crippen LogP contribution in [0.5, 0.6) is 0 Å². The zero-order chi connectivity index (χ0) is 15.4. The number of hydrogen-bond acceptors (Lipinski definition) is 5. The summed E-state index contributed by atoms with van der Waals surface area (Å²) in [4.78, 5) is 8.30. The van der Waals surface area contributed by atoms with Gasteiger partial charge in [-0.25, -0.2) is 0 Å². The first-order chi connectivity index (χ1) is 10.0. The molecule has 2 aromatic heterocycles. The summed E-state index contributed by atoms with van der Waals surface area (Å²) in [5.74, 6) is 1.83. The lowest BCUT2D eigenvalue weighted by molar-refractivity contribution is 0.371. The van der Waals surface area contributed by atoms with Crippen molar-refractivity contribution in [3.05, 3.63) is 28.7 Å². The summed E-state index contributed by atoms with van der Waals surface area (Å²) in [7, 11) is 3.66. The summed E-state index contributed by atoms with van der Waals surface area (Å²) >= 11 is 0. The average Bonchev–Trinajstić information content (AvgIpc) is 2.96. The highest BCUT2D eigenvalue weighted by Gasteiger charge is 2.10. The lowest BCUT2D eigenvalue weighted by Gasteiger charge is -2.10. The largest absolute Gasteiger partial charge is 0.352 e. The minimum absolute atomic E-state index is 0. The van der Waals surface area contributed by atoms with E-state index in [-0.39, 0.29) is 24.0 Å². The normalized spacial score (nSPS) is 11.2. The van der Waals surface area contributed by atoms with E-state index in [1.54, 1.807) is 14.0 Å². The third-order valence-electron chi connectivity index (χ3n) is 3.29. The van der Waals surface area contributed by atoms with Crippen LogP contribution >= 0.6 is 24.0 Å². The quantitative estimate of drug-likeness (QED) is 0.440. The summed E-state index contributed by atoms with van der Waals surface area (Å²) in [6.45, 7) is 6.93. The van der Waals surface area contributed by atoms with E-state index in [1.165, 1.54) is 5.56 Å². The van der Waals surface area contributed by atoms with Gasteiger partial charge in [0.2, 0.25) is 5.89 Å². The van der Waals surface area contributed by atoms with Crippen molar-refractivity contribution in [1.29, 1.82) is 0 Å². The maximum absolute atomic E-state index is 5.04. The predicted octanol–water partition coefficient (Wildman–Crippen LogP) is 1.21. The molecule has 0 spiro atoms. The van der Waals surface area contributed by atoms with Gasteiger partial charge in [0.1, 0.15) is 0 Å². The second-order valence-electron chi connectivity index (χ2n) is 4.79. The number of guanidine groups is 1. The van der Waals surface area contributed by atoms with Crippen molar-refractivity contribution in [1.82, 2.24) is 30.6 Å². The molecular formula is C13H22IN7O. The Morgan fingerprint density at radius 2 is 1.91 bits per heavy atom. The van der Waals surface area contributed by atoms with Gasteiger partial charge < -0.3 is 15.2 Å². The molecule has 0 aliphatic carbocycles. The Balaban J connectivity index is 0.00000242. The Labute approximate surface area is 146 Å². The molecule has 0 bridgehead atoms. The van der Waals surface area contributed by atoms with Gasteiger partial charge in [0.15, 0.2) is 11.8 Å². The van der Waals surface area contributed by atoms with Crippen LogP contribution in [0.25, 0.3) is 0 Å². The number of hydrogen-bond donors (Lipinski definition) is 2. The first-order valence-electron chi connectivity index (χ1n) is 6.74. The highest BCUT2D eigenvalue weighted by molar-refractivity contribution is 14.0. The Hall–Kier alpha value is -1.65. The molecule has 2 heterocycles. The maximum Gasteiger partial charge on any atom is 0.246 e. The molecule has 0 atom stereocenters. The summed E-state index contributed by atoms with van der Waals surface area (Å²) in [5, 5.41) is 14.5. The number of nitrogens with one attached hydrogen (secondary N) is 2. The van der Waals surface area contributed by atoms with E-state index in [0.717, 1.165) is 11.4 Å². The molecule has 0 aromatic carbocycles. The topological polar surface area (TPSA) is 93.2 Å². The first-order valence-corrected chi connectivity index (χ1v) is 6.74. The van der Waals surface area contributed by atoms with Crippen LogP contribution in [-0.2, 0) is 20.1 Å². The molecule has 8 nitrogen and oxygen atoms in total. The Bertz CT molecular complexity index is 647.